The van der Waals surface area contributed by atoms with Gasteiger partial charge in [-0.1, -0.05) is 62.4 Å². The molecule has 6 heteroatoms. The SMILES string of the molecule is Cc1cc(NC(=S)NC(=O)/C=C/c2ccc(C(C)C)cc2)ccc1-c1cc2ccccc2oc1=O. The minimum absolute atomic E-state index is 0.187. The van der Waals surface area contributed by atoms with Gasteiger partial charge in [0.25, 0.3) is 0 Å². The van der Waals surface area contributed by atoms with E-state index in [4.69, 9.17) is 16.6 Å². The maximum atomic E-state index is 12.5. The summed E-state index contributed by atoms with van der Waals surface area (Å²) in [5, 5.41) is 6.72. The second kappa shape index (κ2) is 10.5. The average molecular weight is 483 g/mol. The lowest BCUT2D eigenvalue weighted by Crippen LogP contribution is -2.32. The normalized spacial score (nSPS) is 11.2. The Bertz CT molecular complexity index is 1480. The van der Waals surface area contributed by atoms with E-state index in [0.717, 1.165) is 22.1 Å². The zero-order valence-corrected chi connectivity index (χ0v) is 20.6. The first-order valence-corrected chi connectivity index (χ1v) is 11.7. The molecular formula is C29H26N2O3S. The lowest BCUT2D eigenvalue weighted by molar-refractivity contribution is -0.115. The van der Waals surface area contributed by atoms with Crippen LogP contribution in [0.4, 0.5) is 5.69 Å². The summed E-state index contributed by atoms with van der Waals surface area (Å²) in [6.45, 7) is 6.19. The molecule has 0 aliphatic heterocycles. The molecule has 4 rings (SSSR count). The van der Waals surface area contributed by atoms with Gasteiger partial charge in [0.05, 0.1) is 5.56 Å². The van der Waals surface area contributed by atoms with Crippen LogP contribution in [-0.4, -0.2) is 11.0 Å². The molecule has 0 saturated carbocycles. The maximum absolute atomic E-state index is 12.5. The van der Waals surface area contributed by atoms with Gasteiger partial charge >= 0.3 is 5.63 Å². The van der Waals surface area contributed by atoms with E-state index in [1.54, 1.807) is 12.1 Å². The van der Waals surface area contributed by atoms with Crippen molar-refractivity contribution in [3.05, 3.63) is 106 Å². The fourth-order valence-electron chi connectivity index (χ4n) is 3.77. The summed E-state index contributed by atoms with van der Waals surface area (Å²) in [7, 11) is 0. The van der Waals surface area contributed by atoms with Crippen molar-refractivity contribution in [2.45, 2.75) is 26.7 Å². The van der Waals surface area contributed by atoms with Crippen LogP contribution in [0.25, 0.3) is 28.2 Å². The number of benzene rings is 3. The molecule has 3 aromatic carbocycles. The van der Waals surface area contributed by atoms with Gasteiger partial charge in [-0.05, 0) is 77.7 Å². The van der Waals surface area contributed by atoms with Crippen molar-refractivity contribution in [3.8, 4) is 11.1 Å². The van der Waals surface area contributed by atoms with Crippen LogP contribution in [0, 0.1) is 6.92 Å². The van der Waals surface area contributed by atoms with E-state index in [0.29, 0.717) is 22.8 Å². The Balaban J connectivity index is 1.41. The number of para-hydroxylation sites is 1. The molecule has 35 heavy (non-hydrogen) atoms. The van der Waals surface area contributed by atoms with Crippen molar-refractivity contribution in [3.63, 3.8) is 0 Å². The highest BCUT2D eigenvalue weighted by Crippen LogP contribution is 2.26. The number of thiocarbonyl (C=S) groups is 1. The van der Waals surface area contributed by atoms with Gasteiger partial charge in [-0.15, -0.1) is 0 Å². The van der Waals surface area contributed by atoms with Crippen LogP contribution in [0.1, 0.15) is 36.5 Å². The molecule has 1 amide bonds. The highest BCUT2D eigenvalue weighted by atomic mass is 32.1. The largest absolute Gasteiger partial charge is 0.422 e. The summed E-state index contributed by atoms with van der Waals surface area (Å²) in [5.74, 6) is 0.139. The van der Waals surface area contributed by atoms with Crippen molar-refractivity contribution in [2.75, 3.05) is 5.32 Å². The van der Waals surface area contributed by atoms with Gasteiger partial charge in [0.2, 0.25) is 5.91 Å². The van der Waals surface area contributed by atoms with Crippen LogP contribution in [0.5, 0.6) is 0 Å². The van der Waals surface area contributed by atoms with E-state index in [1.807, 2.05) is 61.5 Å². The first-order valence-electron chi connectivity index (χ1n) is 11.3. The monoisotopic (exact) mass is 482 g/mol. The Kier molecular flexibility index (Phi) is 7.22. The highest BCUT2D eigenvalue weighted by Gasteiger charge is 2.11. The number of amides is 1. The van der Waals surface area contributed by atoms with Crippen molar-refractivity contribution < 1.29 is 9.21 Å². The summed E-state index contributed by atoms with van der Waals surface area (Å²) in [6, 6.07) is 22.8. The standard InChI is InChI=1S/C29H26N2O3S/c1-18(2)21-11-8-20(9-12-21)10-15-27(32)31-29(35)30-23-13-14-24(19(3)16-23)25-17-22-6-4-5-7-26(22)34-28(25)33/h4-18H,1-3H3,(H2,30,31,32,35)/b15-10+. The Labute approximate surface area is 209 Å². The topological polar surface area (TPSA) is 71.3 Å². The number of carbonyl (C=O) groups is 1. The minimum Gasteiger partial charge on any atom is -0.422 e. The average Bonchev–Trinajstić information content (AvgIpc) is 2.83. The molecule has 1 aromatic heterocycles. The smallest absolute Gasteiger partial charge is 0.344 e. The van der Waals surface area contributed by atoms with E-state index in [1.165, 1.54) is 11.6 Å². The lowest BCUT2D eigenvalue weighted by atomic mass is 10.0. The van der Waals surface area contributed by atoms with Gasteiger partial charge in [-0.3, -0.25) is 10.1 Å². The molecule has 0 radical (unpaired) electrons. The molecule has 4 aromatic rings. The van der Waals surface area contributed by atoms with Crippen LogP contribution >= 0.6 is 12.2 Å². The molecule has 0 spiro atoms. The van der Waals surface area contributed by atoms with Crippen LogP contribution in [0.3, 0.4) is 0 Å². The third-order valence-corrected chi connectivity index (χ3v) is 5.89. The van der Waals surface area contributed by atoms with Crippen LogP contribution in [0.2, 0.25) is 0 Å². The molecular weight excluding hydrogens is 456 g/mol. The first-order chi connectivity index (χ1) is 16.8. The molecule has 0 fully saturated rings. The summed E-state index contributed by atoms with van der Waals surface area (Å²) in [4.78, 5) is 24.8. The molecule has 0 bridgehead atoms. The van der Waals surface area contributed by atoms with E-state index < -0.39 is 0 Å². The summed E-state index contributed by atoms with van der Waals surface area (Å²) >= 11 is 5.29. The van der Waals surface area contributed by atoms with Gasteiger partial charge < -0.3 is 9.73 Å². The van der Waals surface area contributed by atoms with E-state index in [-0.39, 0.29) is 16.6 Å². The van der Waals surface area contributed by atoms with Crippen LogP contribution < -0.4 is 16.3 Å². The van der Waals surface area contributed by atoms with Gasteiger partial charge in [0.15, 0.2) is 5.11 Å². The summed E-state index contributed by atoms with van der Waals surface area (Å²) < 4.78 is 5.47. The number of aryl methyl sites for hydroxylation is 1. The Hall–Kier alpha value is -4.03. The second-order valence-corrected chi connectivity index (χ2v) is 9.02. The van der Waals surface area contributed by atoms with Crippen molar-refractivity contribution in [1.82, 2.24) is 5.32 Å². The van der Waals surface area contributed by atoms with Gasteiger partial charge in [-0.25, -0.2) is 4.79 Å². The molecule has 176 valence electrons. The van der Waals surface area contributed by atoms with Gasteiger partial charge in [0.1, 0.15) is 5.58 Å². The fraction of sp³-hybridized carbons (Fsp3) is 0.138. The van der Waals surface area contributed by atoms with Crippen LogP contribution in [-0.2, 0) is 4.79 Å². The van der Waals surface area contributed by atoms with E-state index in [9.17, 15) is 9.59 Å². The van der Waals surface area contributed by atoms with Gasteiger partial charge in [0, 0.05) is 17.1 Å². The minimum atomic E-state index is -0.388. The molecule has 0 saturated heterocycles. The number of fused-ring (bicyclic) bond motifs is 1. The third-order valence-electron chi connectivity index (χ3n) is 5.68. The second-order valence-electron chi connectivity index (χ2n) is 8.61. The number of rotatable bonds is 5. The Morgan fingerprint density at radius 1 is 0.971 bits per heavy atom. The summed E-state index contributed by atoms with van der Waals surface area (Å²) in [5.41, 5.74) is 5.20. The predicted molar refractivity (Wildman–Crippen MR) is 147 cm³/mol. The van der Waals surface area contributed by atoms with Crippen LogP contribution in [0.15, 0.2) is 88.1 Å². The quantitative estimate of drug-likeness (QED) is 0.195. The van der Waals surface area contributed by atoms with Crippen molar-refractivity contribution in [1.29, 1.82) is 0 Å². The molecule has 0 atom stereocenters. The Morgan fingerprint density at radius 3 is 2.43 bits per heavy atom. The third kappa shape index (κ3) is 5.91. The lowest BCUT2D eigenvalue weighted by Gasteiger charge is -2.11. The number of nitrogens with one attached hydrogen (secondary N) is 2. The molecule has 5 nitrogen and oxygen atoms in total. The molecule has 0 aliphatic rings. The first kappa shape index (κ1) is 24.1. The zero-order chi connectivity index (χ0) is 24.9. The maximum Gasteiger partial charge on any atom is 0.344 e. The molecule has 0 unspecified atom stereocenters. The fourth-order valence-corrected chi connectivity index (χ4v) is 3.99. The number of anilines is 1. The zero-order valence-electron chi connectivity index (χ0n) is 19.8. The predicted octanol–water partition coefficient (Wildman–Crippen LogP) is 6.42. The number of hydrogen-bond acceptors (Lipinski definition) is 4. The molecule has 2 N–H and O–H groups in total. The van der Waals surface area contributed by atoms with Crippen molar-refractivity contribution in [2.24, 2.45) is 0 Å². The van der Waals surface area contributed by atoms with Gasteiger partial charge in [-0.2, -0.15) is 0 Å². The van der Waals surface area contributed by atoms with Crippen molar-refractivity contribution >= 4 is 46.0 Å². The number of hydrogen-bond donors (Lipinski definition) is 2. The summed E-state index contributed by atoms with van der Waals surface area (Å²) in [6.07, 6.45) is 3.20. The highest BCUT2D eigenvalue weighted by molar-refractivity contribution is 7.80. The van der Waals surface area contributed by atoms with E-state index >= 15 is 0 Å². The molecule has 1 heterocycles. The van der Waals surface area contributed by atoms with E-state index in [2.05, 4.69) is 36.6 Å². The number of carbonyl (C=O) groups excluding carboxylic acids is 1. The molecule has 0 aliphatic carbocycles. The Morgan fingerprint density at radius 2 is 1.71 bits per heavy atom.